The number of hydrogen-bond acceptors (Lipinski definition) is 4. The molecule has 2 rings (SSSR count). The fourth-order valence-electron chi connectivity index (χ4n) is 1.97. The Morgan fingerprint density at radius 3 is 2.48 bits per heavy atom. The topological polar surface area (TPSA) is 62.4 Å². The molecular weight excluding hydrogens is 497 g/mol. The van der Waals surface area contributed by atoms with E-state index in [1.165, 1.54) is 0 Å². The third-order valence-corrected chi connectivity index (χ3v) is 4.53. The predicted molar refractivity (Wildman–Crippen MR) is 117 cm³/mol. The lowest BCUT2D eigenvalue weighted by molar-refractivity contribution is -0.152. The highest BCUT2D eigenvalue weighted by atomic mass is 79.9. The summed E-state index contributed by atoms with van der Waals surface area (Å²) in [4.78, 5) is 17.0. The number of nitrogens with one attached hydrogen (secondary N) is 3. The minimum Gasteiger partial charge on any atom is -0.368 e. The molecule has 5 nitrogen and oxygen atoms in total. The third-order valence-electron chi connectivity index (χ3n) is 3.17. The van der Waals surface area contributed by atoms with E-state index < -0.39 is 15.9 Å². The summed E-state index contributed by atoms with van der Waals surface area (Å²) in [6, 6.07) is 16.5. The smallest absolute Gasteiger partial charge is 0.329 e. The Labute approximate surface area is 185 Å². The van der Waals surface area contributed by atoms with Crippen molar-refractivity contribution >= 4 is 79.7 Å². The summed E-state index contributed by atoms with van der Waals surface area (Å²) in [5.41, 5.74) is 3.94. The van der Waals surface area contributed by atoms with Crippen LogP contribution in [0.4, 0.5) is 5.69 Å². The molecule has 0 aliphatic rings. The van der Waals surface area contributed by atoms with Crippen molar-refractivity contribution in [2.24, 2.45) is 0 Å². The van der Waals surface area contributed by atoms with Crippen LogP contribution in [-0.2, 0) is 16.1 Å². The fourth-order valence-corrected chi connectivity index (χ4v) is 2.90. The molecule has 3 N–H and O–H groups in total. The van der Waals surface area contributed by atoms with Gasteiger partial charge in [-0.3, -0.25) is 4.79 Å². The van der Waals surface area contributed by atoms with Crippen LogP contribution in [0.2, 0.25) is 0 Å². The van der Waals surface area contributed by atoms with Gasteiger partial charge in [0.2, 0.25) is 3.79 Å². The van der Waals surface area contributed by atoms with Crippen molar-refractivity contribution in [1.82, 2.24) is 10.8 Å². The van der Waals surface area contributed by atoms with E-state index in [0.717, 1.165) is 15.7 Å². The van der Waals surface area contributed by atoms with Gasteiger partial charge in [0.1, 0.15) is 0 Å². The van der Waals surface area contributed by atoms with Crippen molar-refractivity contribution in [2.45, 2.75) is 16.4 Å². The number of hydrogen-bond donors (Lipinski definition) is 3. The molecule has 2 aromatic rings. The Kier molecular flexibility index (Phi) is 8.60. The molecule has 27 heavy (non-hydrogen) atoms. The van der Waals surface area contributed by atoms with Gasteiger partial charge in [-0.2, -0.15) is 0 Å². The average Bonchev–Trinajstić information content (AvgIpc) is 2.58. The lowest BCUT2D eigenvalue weighted by Gasteiger charge is -2.27. The first-order chi connectivity index (χ1) is 12.7. The molecule has 0 radical (unpaired) electrons. The van der Waals surface area contributed by atoms with Crippen LogP contribution in [0.1, 0.15) is 5.56 Å². The third kappa shape index (κ3) is 8.21. The molecule has 0 aliphatic heterocycles. The molecule has 2 aromatic carbocycles. The van der Waals surface area contributed by atoms with E-state index >= 15 is 0 Å². The second-order valence-corrected chi connectivity index (χ2v) is 9.03. The molecular formula is C17H15BrCl3N3O2S. The van der Waals surface area contributed by atoms with E-state index in [2.05, 4.69) is 32.0 Å². The molecule has 0 amide bonds. The van der Waals surface area contributed by atoms with Gasteiger partial charge in [0.15, 0.2) is 11.3 Å². The van der Waals surface area contributed by atoms with Gasteiger partial charge in [0.25, 0.3) is 0 Å². The van der Waals surface area contributed by atoms with Crippen LogP contribution in [0.25, 0.3) is 0 Å². The molecule has 1 unspecified atom stereocenters. The summed E-state index contributed by atoms with van der Waals surface area (Å²) >= 11 is 26.4. The summed E-state index contributed by atoms with van der Waals surface area (Å²) in [6.07, 6.45) is -1.00. The number of thiocarbonyl (C=S) groups is 1. The molecule has 0 saturated carbocycles. The minimum absolute atomic E-state index is 0.0706. The summed E-state index contributed by atoms with van der Waals surface area (Å²) in [6.45, 7) is 0. The quantitative estimate of drug-likeness (QED) is 0.226. The Hall–Kier alpha value is -1.09. The number of benzene rings is 2. The average molecular weight is 512 g/mol. The van der Waals surface area contributed by atoms with Crippen molar-refractivity contribution in [3.05, 3.63) is 64.6 Å². The molecule has 0 spiro atoms. The Bertz CT molecular complexity index is 790. The summed E-state index contributed by atoms with van der Waals surface area (Å²) < 4.78 is -0.961. The van der Waals surface area contributed by atoms with Crippen LogP contribution in [-0.4, -0.2) is 21.0 Å². The van der Waals surface area contributed by atoms with Crippen molar-refractivity contribution in [3.63, 3.8) is 0 Å². The van der Waals surface area contributed by atoms with E-state index in [1.54, 1.807) is 0 Å². The zero-order valence-corrected chi connectivity index (χ0v) is 18.4. The van der Waals surface area contributed by atoms with E-state index in [0.29, 0.717) is 0 Å². The summed E-state index contributed by atoms with van der Waals surface area (Å²) in [5.74, 6) is -0.534. The highest BCUT2D eigenvalue weighted by Gasteiger charge is 2.34. The van der Waals surface area contributed by atoms with E-state index in [4.69, 9.17) is 51.9 Å². The lowest BCUT2D eigenvalue weighted by Crippen LogP contribution is -2.54. The standard InChI is InChI=1S/C17H15BrCl3N3O2S/c18-12-7-4-8-13(10-12)22-16(27)23-15(17(19,20)21)24-26-14(25)9-11-5-2-1-3-6-11/h1-8,10,15,24H,9H2,(H2,22,23,27). The first-order valence-corrected chi connectivity index (χ1v) is 9.96. The molecule has 0 heterocycles. The summed E-state index contributed by atoms with van der Waals surface area (Å²) in [5, 5.41) is 5.89. The minimum atomic E-state index is -1.84. The van der Waals surface area contributed by atoms with Gasteiger partial charge < -0.3 is 15.5 Å². The lowest BCUT2D eigenvalue weighted by atomic mass is 10.2. The van der Waals surface area contributed by atoms with Gasteiger partial charge in [-0.1, -0.05) is 87.1 Å². The monoisotopic (exact) mass is 509 g/mol. The van der Waals surface area contributed by atoms with Gasteiger partial charge in [0, 0.05) is 10.2 Å². The Balaban J connectivity index is 1.90. The van der Waals surface area contributed by atoms with Crippen LogP contribution in [0.5, 0.6) is 0 Å². The van der Waals surface area contributed by atoms with Crippen LogP contribution in [0.3, 0.4) is 0 Å². The molecule has 1 atom stereocenters. The highest BCUT2D eigenvalue weighted by Crippen LogP contribution is 2.29. The van der Waals surface area contributed by atoms with Crippen LogP contribution >= 0.6 is 63.0 Å². The van der Waals surface area contributed by atoms with Crippen molar-refractivity contribution < 1.29 is 9.63 Å². The number of rotatable bonds is 6. The zero-order chi connectivity index (χ0) is 19.9. The van der Waals surface area contributed by atoms with Crippen LogP contribution in [0, 0.1) is 0 Å². The van der Waals surface area contributed by atoms with Gasteiger partial charge >= 0.3 is 5.97 Å². The number of carbonyl (C=O) groups excluding carboxylic acids is 1. The number of hydroxylamine groups is 1. The first-order valence-electron chi connectivity index (χ1n) is 7.63. The predicted octanol–water partition coefficient (Wildman–Crippen LogP) is 4.72. The molecule has 0 saturated heterocycles. The van der Waals surface area contributed by atoms with Crippen molar-refractivity contribution in [2.75, 3.05) is 5.32 Å². The molecule has 0 bridgehead atoms. The Morgan fingerprint density at radius 1 is 1.15 bits per heavy atom. The molecule has 0 fully saturated rings. The molecule has 0 aromatic heterocycles. The van der Waals surface area contributed by atoms with Crippen molar-refractivity contribution in [3.8, 4) is 0 Å². The highest BCUT2D eigenvalue weighted by molar-refractivity contribution is 9.10. The van der Waals surface area contributed by atoms with Gasteiger partial charge in [-0.15, -0.1) is 5.48 Å². The number of halogens is 4. The Morgan fingerprint density at radius 2 is 1.85 bits per heavy atom. The van der Waals surface area contributed by atoms with E-state index in [1.807, 2.05) is 54.6 Å². The maximum absolute atomic E-state index is 12.0. The number of carbonyl (C=O) groups is 1. The first kappa shape index (κ1) is 22.2. The van der Waals surface area contributed by atoms with Crippen LogP contribution in [0.15, 0.2) is 59.1 Å². The zero-order valence-electron chi connectivity index (χ0n) is 13.7. The normalized spacial score (nSPS) is 12.1. The second-order valence-electron chi connectivity index (χ2n) is 5.34. The largest absolute Gasteiger partial charge is 0.368 e. The SMILES string of the molecule is O=C(Cc1ccccc1)ONC(NC(=S)Nc1cccc(Br)c1)C(Cl)(Cl)Cl. The molecule has 144 valence electrons. The van der Waals surface area contributed by atoms with E-state index in [-0.39, 0.29) is 11.5 Å². The number of alkyl halides is 3. The molecule has 0 aliphatic carbocycles. The maximum Gasteiger partial charge on any atom is 0.329 e. The fraction of sp³-hybridized carbons (Fsp3) is 0.176. The van der Waals surface area contributed by atoms with Gasteiger partial charge in [-0.25, -0.2) is 0 Å². The maximum atomic E-state index is 12.0. The van der Waals surface area contributed by atoms with Gasteiger partial charge in [0.05, 0.1) is 6.42 Å². The van der Waals surface area contributed by atoms with E-state index in [9.17, 15) is 4.79 Å². The summed E-state index contributed by atoms with van der Waals surface area (Å²) in [7, 11) is 0. The van der Waals surface area contributed by atoms with Crippen molar-refractivity contribution in [1.29, 1.82) is 0 Å². The number of anilines is 1. The second kappa shape index (κ2) is 10.5. The van der Waals surface area contributed by atoms with Gasteiger partial charge in [-0.05, 0) is 36.0 Å². The molecule has 10 heteroatoms. The van der Waals surface area contributed by atoms with Crippen LogP contribution < -0.4 is 16.1 Å².